The molecule has 0 aliphatic carbocycles. The first-order chi connectivity index (χ1) is 3.31. The molecular formula is C3H6N2O2. The Kier molecular flexibility index (Phi) is 2.67. The molecule has 0 aromatic heterocycles. The fraction of sp³-hybridized carbons (Fsp3) is 0.333. The number of hydrogen-bond donors (Lipinski definition) is 0. The fourth-order valence-corrected chi connectivity index (χ4v) is 0.114. The largest absolute Gasteiger partial charge is 0.592 e. The van der Waals surface area contributed by atoms with Crippen molar-refractivity contribution in [3.63, 3.8) is 0 Å². The van der Waals surface area contributed by atoms with E-state index in [-0.39, 0.29) is 4.86 Å². The maximum Gasteiger partial charge on any atom is 0.206 e. The molecule has 0 saturated heterocycles. The van der Waals surface area contributed by atoms with Crippen LogP contribution in [0.3, 0.4) is 0 Å². The fourth-order valence-electron chi connectivity index (χ4n) is 0.114. The van der Waals surface area contributed by atoms with Gasteiger partial charge in [0.25, 0.3) is 0 Å². The summed E-state index contributed by atoms with van der Waals surface area (Å²) in [4.78, 5) is 4.28. The summed E-state index contributed by atoms with van der Waals surface area (Å²) in [6.45, 7) is 3.12. The van der Waals surface area contributed by atoms with Crippen LogP contribution in [0.5, 0.6) is 0 Å². The molecule has 0 aliphatic heterocycles. The van der Waals surface area contributed by atoms with Gasteiger partial charge in [-0.1, -0.05) is 0 Å². The molecule has 0 heterocycles. The smallest absolute Gasteiger partial charge is 0.206 e. The molecule has 0 aliphatic rings. The van der Waals surface area contributed by atoms with Gasteiger partial charge < -0.3 is 10.0 Å². The summed E-state index contributed by atoms with van der Waals surface area (Å²) in [5, 5.41) is 12.8. The molecule has 0 aromatic carbocycles. The molecule has 7 heavy (non-hydrogen) atoms. The first-order valence-electron chi connectivity index (χ1n) is 1.64. The molecule has 4 nitrogen and oxygen atoms in total. The molecule has 4 heteroatoms. The lowest BCUT2D eigenvalue weighted by atomic mass is 11.1. The Balaban J connectivity index is 3.49. The molecule has 0 aromatic rings. The van der Waals surface area contributed by atoms with Crippen molar-refractivity contribution in [1.82, 2.24) is 0 Å². The van der Waals surface area contributed by atoms with Crippen LogP contribution in [0.2, 0.25) is 0 Å². The lowest BCUT2D eigenvalue weighted by Crippen LogP contribution is -1.85. The molecule has 0 spiro atoms. The Bertz CT molecular complexity index is 88.9. The number of hydroxylamine groups is 1. The summed E-state index contributed by atoms with van der Waals surface area (Å²) in [6.07, 6.45) is 0.990. The van der Waals surface area contributed by atoms with Gasteiger partial charge in [0, 0.05) is 0 Å². The Morgan fingerprint density at radius 2 is 2.57 bits per heavy atom. The van der Waals surface area contributed by atoms with E-state index in [1.807, 2.05) is 0 Å². The topological polar surface area (TPSA) is 47.7 Å². The summed E-state index contributed by atoms with van der Waals surface area (Å²) < 4.78 is 0. The summed E-state index contributed by atoms with van der Waals surface area (Å²) in [5.74, 6) is 0. The van der Waals surface area contributed by atoms with Gasteiger partial charge in [0.1, 0.15) is 7.11 Å². The van der Waals surface area contributed by atoms with E-state index in [4.69, 9.17) is 0 Å². The zero-order valence-corrected chi connectivity index (χ0v) is 4.00. The molecule has 0 fully saturated rings. The zero-order valence-electron chi connectivity index (χ0n) is 4.00. The molecule has 0 bridgehead atoms. The number of rotatable bonds is 2. The first kappa shape index (κ1) is 5.94. The average Bonchev–Trinajstić information content (AvgIpc) is 1.68. The Morgan fingerprint density at radius 1 is 2.00 bits per heavy atom. The molecule has 0 N–H and O–H groups in total. The van der Waals surface area contributed by atoms with Crippen molar-refractivity contribution in [3.05, 3.63) is 18.0 Å². The molecule has 0 saturated carbocycles. The van der Waals surface area contributed by atoms with Crippen molar-refractivity contribution < 1.29 is 9.70 Å². The highest BCUT2D eigenvalue weighted by Crippen LogP contribution is 1.72. The molecule has 0 radical (unpaired) electrons. The third-order valence-corrected chi connectivity index (χ3v) is 0.318. The van der Waals surface area contributed by atoms with E-state index in [0.717, 1.165) is 6.20 Å². The summed E-state index contributed by atoms with van der Waals surface area (Å²) in [5.41, 5.74) is 0. The molecule has 0 unspecified atom stereocenters. The van der Waals surface area contributed by atoms with Gasteiger partial charge in [0.2, 0.25) is 11.5 Å². The van der Waals surface area contributed by atoms with Gasteiger partial charge in [-0.25, -0.2) is 0 Å². The van der Waals surface area contributed by atoms with Crippen LogP contribution in [0.25, 0.3) is 0 Å². The van der Waals surface area contributed by atoms with Crippen molar-refractivity contribution in [1.29, 1.82) is 0 Å². The third-order valence-electron chi connectivity index (χ3n) is 0.318. The highest BCUT2D eigenvalue weighted by Gasteiger charge is 1.76. The van der Waals surface area contributed by atoms with Crippen LogP contribution in [-0.4, -0.2) is 12.0 Å². The van der Waals surface area contributed by atoms with Gasteiger partial charge in [-0.05, 0) is 11.4 Å². The predicted molar refractivity (Wildman–Crippen MR) is 23.3 cm³/mol. The second-order valence-electron chi connectivity index (χ2n) is 0.749. The van der Waals surface area contributed by atoms with Gasteiger partial charge in [-0.15, -0.1) is 0 Å². The van der Waals surface area contributed by atoms with E-state index in [1.54, 1.807) is 0 Å². The van der Waals surface area contributed by atoms with Gasteiger partial charge >= 0.3 is 0 Å². The number of hydrogen-bond acceptors (Lipinski definition) is 3. The van der Waals surface area contributed by atoms with Crippen molar-refractivity contribution in [2.24, 2.45) is 5.28 Å². The lowest BCUT2D eigenvalue weighted by Gasteiger charge is -1.85. The van der Waals surface area contributed by atoms with Crippen LogP contribution < -0.4 is 0 Å². The normalized spacial score (nSPS) is 10.7. The lowest BCUT2D eigenvalue weighted by molar-refractivity contribution is -0.491. The Labute approximate surface area is 41.3 Å². The molecule has 40 valence electrons. The van der Waals surface area contributed by atoms with Crippen molar-refractivity contribution in [2.75, 3.05) is 7.11 Å². The van der Waals surface area contributed by atoms with Gasteiger partial charge in [-0.2, -0.15) is 0 Å². The SMILES string of the molecule is C=C/[N+]([O-])=N/OC. The highest BCUT2D eigenvalue weighted by molar-refractivity contribution is 4.42. The van der Waals surface area contributed by atoms with Crippen LogP contribution in [0.4, 0.5) is 0 Å². The Morgan fingerprint density at radius 3 is 2.71 bits per heavy atom. The van der Waals surface area contributed by atoms with Crippen LogP contribution in [0.15, 0.2) is 18.1 Å². The van der Waals surface area contributed by atoms with Crippen molar-refractivity contribution in [3.8, 4) is 0 Å². The molecule has 0 rings (SSSR count). The molecule has 0 amide bonds. The maximum atomic E-state index is 9.92. The second kappa shape index (κ2) is 3.14. The first-order valence-corrected chi connectivity index (χ1v) is 1.64. The van der Waals surface area contributed by atoms with Gasteiger partial charge in [0.05, 0.1) is 0 Å². The minimum absolute atomic E-state index is 0.222. The van der Waals surface area contributed by atoms with Crippen molar-refractivity contribution >= 4 is 0 Å². The van der Waals surface area contributed by atoms with E-state index in [1.165, 1.54) is 7.11 Å². The number of nitrogens with zero attached hydrogens (tertiary/aromatic N) is 2. The van der Waals surface area contributed by atoms with Crippen LogP contribution in [0.1, 0.15) is 0 Å². The summed E-state index contributed by atoms with van der Waals surface area (Å²) >= 11 is 0. The van der Waals surface area contributed by atoms with Crippen molar-refractivity contribution in [2.45, 2.75) is 0 Å². The summed E-state index contributed by atoms with van der Waals surface area (Å²) in [7, 11) is 1.29. The average molecular weight is 102 g/mol. The van der Waals surface area contributed by atoms with Gasteiger partial charge in [-0.3, -0.25) is 0 Å². The molecule has 0 atom stereocenters. The zero-order chi connectivity index (χ0) is 5.70. The standard InChI is InChI=1S/C3H6N2O2/c1-3-5(6)4-7-2/h3H,1H2,2H3/b5-4-. The third kappa shape index (κ3) is 2.75. The minimum atomic E-state index is 0.222. The minimum Gasteiger partial charge on any atom is -0.592 e. The maximum absolute atomic E-state index is 9.92. The van der Waals surface area contributed by atoms with E-state index in [0.29, 0.717) is 0 Å². The van der Waals surface area contributed by atoms with E-state index in [9.17, 15) is 5.21 Å². The van der Waals surface area contributed by atoms with E-state index >= 15 is 0 Å². The summed E-state index contributed by atoms with van der Waals surface area (Å²) in [6, 6.07) is 0. The Hall–Kier alpha value is -1.06. The molecular weight excluding hydrogens is 96.0 g/mol. The van der Waals surface area contributed by atoms with E-state index < -0.39 is 0 Å². The van der Waals surface area contributed by atoms with Crippen LogP contribution >= 0.6 is 0 Å². The monoisotopic (exact) mass is 102 g/mol. The van der Waals surface area contributed by atoms with Crippen LogP contribution in [0, 0.1) is 5.21 Å². The quantitative estimate of drug-likeness (QED) is 0.292. The van der Waals surface area contributed by atoms with E-state index in [2.05, 4.69) is 16.7 Å². The second-order valence-corrected chi connectivity index (χ2v) is 0.749. The predicted octanol–water partition coefficient (Wildman–Crippen LogP) is 0.654. The van der Waals surface area contributed by atoms with Crippen LogP contribution in [-0.2, 0) is 4.84 Å². The van der Waals surface area contributed by atoms with Gasteiger partial charge in [0.15, 0.2) is 0 Å². The highest BCUT2D eigenvalue weighted by atomic mass is 16.7.